The number of hydrogen-bond donors (Lipinski definition) is 0. The van der Waals surface area contributed by atoms with Crippen molar-refractivity contribution in [2.24, 2.45) is 11.8 Å². The minimum Gasteiger partial charge on any atom is -0.793 e. The van der Waals surface area contributed by atoms with Gasteiger partial charge in [0.25, 0.3) is 0 Å². The Morgan fingerprint density at radius 3 is 0.933 bits per heavy atom. The smallest absolute Gasteiger partial charge is 0.793 e. The van der Waals surface area contributed by atoms with Gasteiger partial charge in [-0.2, -0.15) is 11.5 Å². The van der Waals surface area contributed by atoms with Gasteiger partial charge in [0, 0.05) is 0 Å². The van der Waals surface area contributed by atoms with Crippen molar-refractivity contribution in [3.63, 3.8) is 0 Å². The van der Waals surface area contributed by atoms with Crippen molar-refractivity contribution in [1.82, 2.24) is 0 Å². The van der Waals surface area contributed by atoms with Crippen molar-refractivity contribution in [3.05, 3.63) is 0 Å². The van der Waals surface area contributed by atoms with Crippen molar-refractivity contribution in [3.8, 4) is 0 Å². The van der Waals surface area contributed by atoms with Gasteiger partial charge >= 0.3 is 23.9 Å². The maximum atomic E-state index is 4.73. The quantitative estimate of drug-likeness (QED) is 0.550. The van der Waals surface area contributed by atoms with Gasteiger partial charge in [-0.1, -0.05) is 55.4 Å². The molecule has 0 N–H and O–H groups in total. The number of hydrogen-bond acceptors (Lipinski definition) is 2. The monoisotopic (exact) mass is 358 g/mol. The first-order valence-corrected chi connectivity index (χ1v) is 5.86. The van der Waals surface area contributed by atoms with E-state index < -0.39 is 0 Å². The molecule has 0 amide bonds. The van der Waals surface area contributed by atoms with E-state index >= 15 is 0 Å². The van der Waals surface area contributed by atoms with Crippen LogP contribution < -0.4 is 0 Å². The van der Waals surface area contributed by atoms with Gasteiger partial charge in [-0.25, -0.2) is 0 Å². The Morgan fingerprint density at radius 2 is 0.933 bits per heavy atom. The summed E-state index contributed by atoms with van der Waals surface area (Å²) in [7, 11) is 0. The van der Waals surface area contributed by atoms with Gasteiger partial charge < -0.3 is 25.3 Å². The van der Waals surface area contributed by atoms with Gasteiger partial charge in [-0.15, -0.1) is 0 Å². The maximum Gasteiger partial charge on any atom is 2.00 e. The summed E-state index contributed by atoms with van der Waals surface area (Å²) < 4.78 is 0. The van der Waals surface area contributed by atoms with Gasteiger partial charge in [0.15, 0.2) is 0 Å². The molecule has 0 aliphatic carbocycles. The van der Waals surface area contributed by atoms with Crippen LogP contribution >= 0.6 is 0 Å². The average Bonchev–Trinajstić information content (AvgIpc) is 1.87. The zero-order valence-corrected chi connectivity index (χ0v) is 13.8. The summed E-state index contributed by atoms with van der Waals surface area (Å²) >= 11 is 9.46. The van der Waals surface area contributed by atoms with Gasteiger partial charge in [-0.05, 0) is 11.8 Å². The fourth-order valence-electron chi connectivity index (χ4n) is 0.471. The second-order valence-corrected chi connectivity index (χ2v) is 4.59. The van der Waals surface area contributed by atoms with E-state index in [1.165, 1.54) is 12.8 Å². The maximum absolute atomic E-state index is 4.73. The zero-order chi connectivity index (χ0) is 9.98. The molecule has 0 saturated carbocycles. The van der Waals surface area contributed by atoms with Crippen molar-refractivity contribution < 1.29 is 0 Å². The fraction of sp³-hybridized carbons (Fsp3) is 1.00. The molecule has 94 valence electrons. The van der Waals surface area contributed by atoms with Crippen LogP contribution in [-0.2, 0) is 25.3 Å². The van der Waals surface area contributed by atoms with E-state index in [1.54, 1.807) is 0 Å². The molecule has 0 spiro atoms. The third-order valence-corrected chi connectivity index (χ3v) is 1.86. The van der Waals surface area contributed by atoms with Crippen LogP contribution in [0.2, 0.25) is 0 Å². The van der Waals surface area contributed by atoms with E-state index in [9.17, 15) is 0 Å². The van der Waals surface area contributed by atoms with Crippen LogP contribution in [-0.4, -0.2) is 35.4 Å². The van der Waals surface area contributed by atoms with E-state index in [0.29, 0.717) is 0 Å². The Morgan fingerprint density at radius 1 is 0.733 bits per heavy atom. The molecule has 0 aliphatic heterocycles. The summed E-state index contributed by atoms with van der Waals surface area (Å²) in [4.78, 5) is 0. The molecule has 2 radical (unpaired) electrons. The Bertz CT molecular complexity index is 66.0. The third kappa shape index (κ3) is 50.2. The molecule has 0 aliphatic rings. The van der Waals surface area contributed by atoms with Crippen molar-refractivity contribution >= 4 is 49.2 Å². The zero-order valence-electron chi connectivity index (χ0n) is 9.30. The first-order valence-electron chi connectivity index (χ1n) is 4.70. The Labute approximate surface area is 127 Å². The van der Waals surface area contributed by atoms with Crippen molar-refractivity contribution in [2.75, 3.05) is 11.5 Å². The molecule has 0 aromatic rings. The summed E-state index contributed by atoms with van der Waals surface area (Å²) in [6.07, 6.45) is 2.38. The topological polar surface area (TPSA) is 0 Å². The summed E-state index contributed by atoms with van der Waals surface area (Å²) in [5, 5.41) is 0. The summed E-state index contributed by atoms with van der Waals surface area (Å²) in [6, 6.07) is 0. The number of rotatable bonds is 4. The Kier molecular flexibility index (Phi) is 49.2. The molecule has 3 heteroatoms. The van der Waals surface area contributed by atoms with Gasteiger partial charge in [0.2, 0.25) is 0 Å². The Hall–Kier alpha value is 1.50. The standard InChI is InChI=1S/2C5H12S.2CH4.Sn/c2*1-5(2)3-4-6;;;/h2*5-6H,3-4H2,1-2H3;2*1H4;/q;;;;+2/p-2. The summed E-state index contributed by atoms with van der Waals surface area (Å²) in [5.74, 6) is 3.42. The van der Waals surface area contributed by atoms with Gasteiger partial charge in [0.05, 0.1) is 0 Å². The molecule has 0 aromatic carbocycles. The molecule has 0 nitrogen and oxygen atoms in total. The van der Waals surface area contributed by atoms with Crippen LogP contribution in [0, 0.1) is 11.8 Å². The molecule has 15 heavy (non-hydrogen) atoms. The third-order valence-electron chi connectivity index (χ3n) is 1.39. The van der Waals surface area contributed by atoms with Crippen molar-refractivity contribution in [1.29, 1.82) is 0 Å². The normalized spacial score (nSPS) is 8.00. The van der Waals surface area contributed by atoms with E-state index in [1.807, 2.05) is 0 Å². The largest absolute Gasteiger partial charge is 2.00 e. The summed E-state index contributed by atoms with van der Waals surface area (Å²) in [6.45, 7) is 8.75. The van der Waals surface area contributed by atoms with E-state index in [0.717, 1.165) is 23.3 Å². The summed E-state index contributed by atoms with van der Waals surface area (Å²) in [5.41, 5.74) is 0. The average molecular weight is 357 g/mol. The first kappa shape index (κ1) is 30.0. The Balaban J connectivity index is -0.0000000370. The molecule has 0 unspecified atom stereocenters. The van der Waals surface area contributed by atoms with Crippen LogP contribution in [0.5, 0.6) is 0 Å². The molecule has 0 fully saturated rings. The van der Waals surface area contributed by atoms with Gasteiger partial charge in [-0.3, -0.25) is 0 Å². The van der Waals surface area contributed by atoms with Crippen LogP contribution in [0.3, 0.4) is 0 Å². The molecule has 0 rings (SSSR count). The first-order chi connectivity index (χ1) is 5.54. The molecule has 0 bridgehead atoms. The molecule has 0 saturated heterocycles. The van der Waals surface area contributed by atoms with Crippen LogP contribution in [0.1, 0.15) is 55.4 Å². The van der Waals surface area contributed by atoms with Gasteiger partial charge in [0.1, 0.15) is 0 Å². The fourth-order valence-corrected chi connectivity index (χ4v) is 1.41. The van der Waals surface area contributed by atoms with E-state index in [2.05, 4.69) is 27.7 Å². The predicted octanol–water partition coefficient (Wildman–Crippen LogP) is 4.05. The molecular formula is C12H30S2Sn. The SMILES string of the molecule is C.C.CC(C)CC[S-].CC(C)CC[S-].[Sn+2]. The van der Waals surface area contributed by atoms with Crippen molar-refractivity contribution in [2.45, 2.75) is 55.4 Å². The minimum atomic E-state index is 0. The molecule has 0 aromatic heterocycles. The molecular weight excluding hydrogens is 327 g/mol. The van der Waals surface area contributed by atoms with E-state index in [4.69, 9.17) is 25.3 Å². The van der Waals surface area contributed by atoms with E-state index in [-0.39, 0.29) is 38.8 Å². The molecule has 0 atom stereocenters. The second kappa shape index (κ2) is 24.6. The van der Waals surface area contributed by atoms with Crippen LogP contribution in [0.15, 0.2) is 0 Å². The predicted molar refractivity (Wildman–Crippen MR) is 82.6 cm³/mol. The molecule has 0 heterocycles. The minimum absolute atomic E-state index is 0. The second-order valence-electron chi connectivity index (χ2n) is 3.77. The van der Waals surface area contributed by atoms with Crippen LogP contribution in [0.25, 0.3) is 0 Å². The van der Waals surface area contributed by atoms with Crippen LogP contribution in [0.4, 0.5) is 0 Å².